The Bertz CT molecular complexity index is 151. The van der Waals surface area contributed by atoms with Crippen LogP contribution in [-0.2, 0) is 23.6 Å². The van der Waals surface area contributed by atoms with Gasteiger partial charge in [0.1, 0.15) is 0 Å². The molecule has 0 spiro atoms. The monoisotopic (exact) mass is 296 g/mol. The first kappa shape index (κ1) is 25.0. The first-order valence-corrected chi connectivity index (χ1v) is 8.99. The van der Waals surface area contributed by atoms with E-state index in [9.17, 15) is 0 Å². The zero-order chi connectivity index (χ0) is 13.7. The van der Waals surface area contributed by atoms with E-state index in [1.807, 2.05) is 13.8 Å². The molecular formula is C5H14O6P2S2-6. The van der Waals surface area contributed by atoms with E-state index in [0.717, 1.165) is 0 Å². The summed E-state index contributed by atoms with van der Waals surface area (Å²) in [6.07, 6.45) is 1.25. The quantitative estimate of drug-likeness (QED) is 0.432. The molecule has 0 aromatic heterocycles. The molecule has 0 radical (unpaired) electrons. The molecule has 0 aliphatic heterocycles. The summed E-state index contributed by atoms with van der Waals surface area (Å²) in [5, 5.41) is 0. The van der Waals surface area contributed by atoms with Gasteiger partial charge in [0.05, 0.1) is 0 Å². The minimum atomic E-state index is -4.56. The van der Waals surface area contributed by atoms with Gasteiger partial charge in [-0.05, 0) is 0 Å². The Morgan fingerprint density at radius 3 is 0.733 bits per heavy atom. The molecule has 10 heteroatoms. The summed E-state index contributed by atoms with van der Waals surface area (Å²) in [5.41, 5.74) is 0. The van der Waals surface area contributed by atoms with Crippen molar-refractivity contribution in [2.75, 3.05) is 0 Å². The lowest BCUT2D eigenvalue weighted by Crippen LogP contribution is -2.23. The maximum atomic E-state index is 8.92. The van der Waals surface area contributed by atoms with Crippen molar-refractivity contribution >= 4 is 37.1 Å². The van der Waals surface area contributed by atoms with Crippen molar-refractivity contribution in [3.63, 3.8) is 0 Å². The van der Waals surface area contributed by atoms with Gasteiger partial charge in [0.2, 0.25) is 0 Å². The van der Waals surface area contributed by atoms with Crippen molar-refractivity contribution in [3.8, 4) is 0 Å². The van der Waals surface area contributed by atoms with Crippen LogP contribution >= 0.6 is 13.4 Å². The Morgan fingerprint density at radius 1 is 0.733 bits per heavy atom. The highest BCUT2D eigenvalue weighted by atomic mass is 32.5. The van der Waals surface area contributed by atoms with E-state index >= 15 is 0 Å². The Kier molecular flexibility index (Phi) is 25.1. The fraction of sp³-hybridized carbons (Fsp3) is 1.00. The molecule has 0 aliphatic carbocycles. The fourth-order valence-electron chi connectivity index (χ4n) is 0. The highest BCUT2D eigenvalue weighted by molar-refractivity contribution is 8.04. The predicted molar refractivity (Wildman–Crippen MR) is 55.9 cm³/mol. The predicted octanol–water partition coefficient (Wildman–Crippen LogP) is -2.97. The Labute approximate surface area is 101 Å². The molecule has 98 valence electrons. The summed E-state index contributed by atoms with van der Waals surface area (Å²) >= 11 is 6.54. The normalized spacial score (nSPS) is 9.47. The molecule has 0 heterocycles. The lowest BCUT2D eigenvalue weighted by atomic mass is 10.6. The maximum Gasteiger partial charge on any atom is -0.0590 e. The van der Waals surface area contributed by atoms with Gasteiger partial charge < -0.3 is 42.8 Å². The van der Waals surface area contributed by atoms with Gasteiger partial charge >= 0.3 is 0 Å². The van der Waals surface area contributed by atoms with E-state index in [2.05, 4.69) is 37.5 Å². The zero-order valence-electron chi connectivity index (χ0n) is 8.87. The van der Waals surface area contributed by atoms with Gasteiger partial charge in [-0.15, -0.1) is 0 Å². The zero-order valence-corrected chi connectivity index (χ0v) is 12.3. The average molecular weight is 296 g/mol. The largest absolute Gasteiger partial charge is 0.844 e. The van der Waals surface area contributed by atoms with Crippen LogP contribution < -0.4 is 29.4 Å². The van der Waals surface area contributed by atoms with Crippen LogP contribution in [-0.4, -0.2) is 0 Å². The van der Waals surface area contributed by atoms with Crippen LogP contribution in [0.2, 0.25) is 0 Å². The number of hydrogen-bond acceptors (Lipinski definition) is 8. The molecule has 0 saturated carbocycles. The molecule has 0 unspecified atom stereocenters. The summed E-state index contributed by atoms with van der Waals surface area (Å²) < 4.78 is 0. The van der Waals surface area contributed by atoms with Gasteiger partial charge in [-0.25, -0.2) is 0 Å². The summed E-state index contributed by atoms with van der Waals surface area (Å²) in [6.45, 7) is -0.861. The highest BCUT2D eigenvalue weighted by Gasteiger charge is 1.38. The molecule has 0 aliphatic rings. The molecule has 0 bridgehead atoms. The Balaban J connectivity index is -0.0000000574. The van der Waals surface area contributed by atoms with Crippen molar-refractivity contribution in [2.45, 2.75) is 34.1 Å². The van der Waals surface area contributed by atoms with E-state index < -0.39 is 13.4 Å². The van der Waals surface area contributed by atoms with E-state index in [-0.39, 0.29) is 0 Å². The highest BCUT2D eigenvalue weighted by Crippen LogP contribution is 2.04. The van der Waals surface area contributed by atoms with Gasteiger partial charge in [0, 0.05) is 0 Å². The Morgan fingerprint density at radius 2 is 0.733 bits per heavy atom. The fourth-order valence-corrected chi connectivity index (χ4v) is 0. The molecule has 0 aromatic carbocycles. The van der Waals surface area contributed by atoms with Crippen LogP contribution in [0.1, 0.15) is 34.1 Å². The SMILES string of the molecule is CC.CCC.[O-]P([O-])([O-])=S.[O-]P([O-])([O-])=S. The molecule has 6 nitrogen and oxygen atoms in total. The molecule has 15 heavy (non-hydrogen) atoms. The third kappa shape index (κ3) is 2290. The second-order valence-corrected chi connectivity index (χ2v) is 6.07. The number of rotatable bonds is 0. The van der Waals surface area contributed by atoms with Crippen molar-refractivity contribution < 1.29 is 29.4 Å². The van der Waals surface area contributed by atoms with Crippen LogP contribution in [0, 0.1) is 0 Å². The molecule has 0 amide bonds. The standard InChI is InChI=1S/C3H8.C2H6.2H3O3PS/c1-3-2;1-2;2*1-4(2,3)5/h3H2,1-2H3;1-2H3;2*(H3,1,2,3,5)/p-6. The first-order chi connectivity index (χ1) is 6.41. The third-order valence-electron chi connectivity index (χ3n) is 0. The maximum absolute atomic E-state index is 8.92. The molecule has 0 aromatic rings. The van der Waals surface area contributed by atoms with Crippen molar-refractivity contribution in [2.24, 2.45) is 0 Å². The van der Waals surface area contributed by atoms with Crippen molar-refractivity contribution in [3.05, 3.63) is 0 Å². The van der Waals surface area contributed by atoms with Gasteiger partial charge in [-0.2, -0.15) is 23.6 Å². The molecule has 0 atom stereocenters. The molecule has 0 saturated heterocycles. The van der Waals surface area contributed by atoms with Gasteiger partial charge in [0.25, 0.3) is 0 Å². The molecule has 0 N–H and O–H groups in total. The van der Waals surface area contributed by atoms with Crippen LogP contribution in [0.4, 0.5) is 0 Å². The third-order valence-corrected chi connectivity index (χ3v) is 0. The van der Waals surface area contributed by atoms with Crippen LogP contribution in [0.15, 0.2) is 0 Å². The topological polar surface area (TPSA) is 138 Å². The Hall–Kier alpha value is 1.06. The van der Waals surface area contributed by atoms with E-state index in [0.29, 0.717) is 0 Å². The second-order valence-electron chi connectivity index (χ2n) is 1.60. The van der Waals surface area contributed by atoms with Crippen molar-refractivity contribution in [1.82, 2.24) is 0 Å². The lowest BCUT2D eigenvalue weighted by molar-refractivity contribution is -0.413. The van der Waals surface area contributed by atoms with E-state index in [4.69, 9.17) is 29.4 Å². The summed E-state index contributed by atoms with van der Waals surface area (Å²) in [5.74, 6) is 0. The summed E-state index contributed by atoms with van der Waals surface area (Å²) in [7, 11) is 0. The molecule has 0 rings (SSSR count). The van der Waals surface area contributed by atoms with E-state index in [1.165, 1.54) is 6.42 Å². The lowest BCUT2D eigenvalue weighted by Gasteiger charge is -2.43. The summed E-state index contributed by atoms with van der Waals surface area (Å²) in [4.78, 5) is 53.5. The van der Waals surface area contributed by atoms with Gasteiger partial charge in [-0.1, -0.05) is 34.1 Å². The second kappa shape index (κ2) is 15.1. The average Bonchev–Trinajstić information content (AvgIpc) is 1.84. The van der Waals surface area contributed by atoms with Crippen LogP contribution in [0.5, 0.6) is 0 Å². The van der Waals surface area contributed by atoms with Gasteiger partial charge in [0.15, 0.2) is 0 Å². The molecule has 0 fully saturated rings. The minimum Gasteiger partial charge on any atom is -0.844 e. The summed E-state index contributed by atoms with van der Waals surface area (Å²) in [6, 6.07) is 0. The van der Waals surface area contributed by atoms with E-state index in [1.54, 1.807) is 0 Å². The smallest absolute Gasteiger partial charge is 0.0590 e. The minimum absolute atomic E-state index is 1.25. The van der Waals surface area contributed by atoms with Gasteiger partial charge in [-0.3, -0.25) is 0 Å². The number of hydrogen-bond donors (Lipinski definition) is 0. The van der Waals surface area contributed by atoms with Crippen LogP contribution in [0.3, 0.4) is 0 Å². The first-order valence-electron chi connectivity index (χ1n) is 3.87. The van der Waals surface area contributed by atoms with Crippen molar-refractivity contribution in [1.29, 1.82) is 0 Å². The molecular weight excluding hydrogens is 282 g/mol. The van der Waals surface area contributed by atoms with Crippen LogP contribution in [0.25, 0.3) is 0 Å².